The lowest BCUT2D eigenvalue weighted by molar-refractivity contribution is -0.129. The van der Waals surface area contributed by atoms with E-state index in [1.165, 1.54) is 37.3 Å². The molecule has 0 bridgehead atoms. The smallest absolute Gasteiger partial charge is 0.280 e. The Hall–Kier alpha value is -3.88. The monoisotopic (exact) mass is 423 g/mol. The number of hydrogen-bond donors (Lipinski definition) is 1. The number of guanidine groups is 1. The first kappa shape index (κ1) is 20.4. The summed E-state index contributed by atoms with van der Waals surface area (Å²) in [6.45, 7) is 0. The van der Waals surface area contributed by atoms with E-state index in [2.05, 4.69) is 15.0 Å². The van der Waals surface area contributed by atoms with Crippen molar-refractivity contribution in [2.24, 2.45) is 10.7 Å². The first-order valence-corrected chi connectivity index (χ1v) is 9.37. The zero-order valence-corrected chi connectivity index (χ0v) is 16.8. The Kier molecular flexibility index (Phi) is 5.10. The molecule has 1 amide bonds. The van der Waals surface area contributed by atoms with Crippen LogP contribution < -0.4 is 10.5 Å². The van der Waals surface area contributed by atoms with E-state index in [0.29, 0.717) is 22.6 Å². The van der Waals surface area contributed by atoms with Gasteiger partial charge in [0.25, 0.3) is 12.3 Å². The van der Waals surface area contributed by atoms with Gasteiger partial charge in [0, 0.05) is 18.8 Å². The van der Waals surface area contributed by atoms with Crippen LogP contribution in [0.1, 0.15) is 23.4 Å². The van der Waals surface area contributed by atoms with Gasteiger partial charge in [-0.05, 0) is 48.0 Å². The molecule has 0 aliphatic carbocycles. The number of hydrogen-bond acceptors (Lipinski definition) is 6. The Labute approximate surface area is 177 Å². The lowest BCUT2D eigenvalue weighted by Gasteiger charge is -2.26. The molecule has 1 aromatic carbocycles. The third-order valence-electron chi connectivity index (χ3n) is 5.13. The van der Waals surface area contributed by atoms with Gasteiger partial charge in [0.2, 0.25) is 5.54 Å². The van der Waals surface area contributed by atoms with Crippen LogP contribution in [0.5, 0.6) is 5.75 Å². The number of aliphatic imine (C=N–C) groups is 1. The van der Waals surface area contributed by atoms with Gasteiger partial charge in [-0.1, -0.05) is 12.1 Å². The highest BCUT2D eigenvalue weighted by molar-refractivity contribution is 6.08. The molecule has 1 unspecified atom stereocenters. The molecule has 0 fully saturated rings. The molecule has 0 spiro atoms. The standard InChI is InChI=1S/C22H19F2N5O2/c1-29-20(30)22(28-21(29)25,18-8-5-7-17(27-18)19(23)24)14-10-13(11-15(12-14)31-2)16-6-3-4-9-26-16/h3-12,19H,1-2H3,(H2,25,28). The fourth-order valence-corrected chi connectivity index (χ4v) is 3.53. The van der Waals surface area contributed by atoms with Gasteiger partial charge < -0.3 is 10.5 Å². The third kappa shape index (κ3) is 3.37. The Morgan fingerprint density at radius 1 is 1.13 bits per heavy atom. The third-order valence-corrected chi connectivity index (χ3v) is 5.13. The van der Waals surface area contributed by atoms with Gasteiger partial charge in [0.15, 0.2) is 5.96 Å². The van der Waals surface area contributed by atoms with Gasteiger partial charge in [-0.2, -0.15) is 0 Å². The van der Waals surface area contributed by atoms with Crippen molar-refractivity contribution in [1.82, 2.24) is 14.9 Å². The van der Waals surface area contributed by atoms with Gasteiger partial charge >= 0.3 is 0 Å². The second kappa shape index (κ2) is 7.75. The van der Waals surface area contributed by atoms with Crippen molar-refractivity contribution in [2.45, 2.75) is 12.0 Å². The highest BCUT2D eigenvalue weighted by Crippen LogP contribution is 2.41. The molecule has 31 heavy (non-hydrogen) atoms. The maximum Gasteiger partial charge on any atom is 0.280 e. The number of pyridine rings is 2. The predicted octanol–water partition coefficient (Wildman–Crippen LogP) is 3.12. The number of nitrogens with zero attached hydrogens (tertiary/aromatic N) is 4. The Morgan fingerprint density at radius 3 is 2.55 bits per heavy atom. The number of likely N-dealkylation sites (N-methyl/N-ethyl adjacent to an activating group) is 1. The molecule has 0 radical (unpaired) electrons. The number of aromatic nitrogens is 2. The van der Waals surface area contributed by atoms with Crippen molar-refractivity contribution < 1.29 is 18.3 Å². The number of rotatable bonds is 5. The minimum atomic E-state index is -2.80. The number of alkyl halides is 2. The minimum Gasteiger partial charge on any atom is -0.497 e. The Morgan fingerprint density at radius 2 is 1.94 bits per heavy atom. The van der Waals surface area contributed by atoms with Gasteiger partial charge in [0.05, 0.1) is 18.5 Å². The summed E-state index contributed by atoms with van der Waals surface area (Å²) in [7, 11) is 2.96. The summed E-state index contributed by atoms with van der Waals surface area (Å²) in [5.41, 5.74) is 5.51. The number of carbonyl (C=O) groups excluding carboxylic acids is 1. The molecule has 0 saturated heterocycles. The van der Waals surface area contributed by atoms with Crippen LogP contribution in [0.15, 0.2) is 65.8 Å². The summed E-state index contributed by atoms with van der Waals surface area (Å²) in [5, 5.41) is 0. The highest BCUT2D eigenvalue weighted by atomic mass is 19.3. The van der Waals surface area contributed by atoms with Crippen molar-refractivity contribution >= 4 is 11.9 Å². The summed E-state index contributed by atoms with van der Waals surface area (Å²) in [5.74, 6) is -0.112. The van der Waals surface area contributed by atoms with Crippen LogP contribution in [0.25, 0.3) is 11.3 Å². The van der Waals surface area contributed by atoms with Crippen LogP contribution in [0, 0.1) is 0 Å². The number of amides is 1. The molecular weight excluding hydrogens is 404 g/mol. The predicted molar refractivity (Wildman–Crippen MR) is 111 cm³/mol. The van der Waals surface area contributed by atoms with Gasteiger partial charge in [-0.25, -0.2) is 18.8 Å². The fourth-order valence-electron chi connectivity index (χ4n) is 3.53. The van der Waals surface area contributed by atoms with E-state index in [0.717, 1.165) is 0 Å². The van der Waals surface area contributed by atoms with Crippen LogP contribution in [-0.4, -0.2) is 40.9 Å². The number of ether oxygens (including phenoxy) is 1. The normalized spacial score (nSPS) is 18.4. The van der Waals surface area contributed by atoms with Crippen molar-refractivity contribution in [3.8, 4) is 17.0 Å². The molecule has 4 rings (SSSR count). The Bertz CT molecular complexity index is 1170. The van der Waals surface area contributed by atoms with Crippen molar-refractivity contribution in [2.75, 3.05) is 14.2 Å². The molecule has 3 aromatic rings. The number of methoxy groups -OCH3 is 1. The number of nitrogens with two attached hydrogens (primary N) is 1. The van der Waals surface area contributed by atoms with Gasteiger partial charge in [-0.3, -0.25) is 14.7 Å². The number of benzene rings is 1. The van der Waals surface area contributed by atoms with E-state index in [4.69, 9.17) is 10.5 Å². The molecule has 2 aromatic heterocycles. The lowest BCUT2D eigenvalue weighted by Crippen LogP contribution is -2.41. The molecule has 2 N–H and O–H groups in total. The van der Waals surface area contributed by atoms with E-state index in [-0.39, 0.29) is 11.7 Å². The van der Waals surface area contributed by atoms with Crippen molar-refractivity contribution in [1.29, 1.82) is 0 Å². The largest absolute Gasteiger partial charge is 0.497 e. The molecule has 158 valence electrons. The Balaban J connectivity index is 2.00. The first-order valence-electron chi connectivity index (χ1n) is 9.37. The van der Waals surface area contributed by atoms with Crippen LogP contribution >= 0.6 is 0 Å². The highest BCUT2D eigenvalue weighted by Gasteiger charge is 2.51. The molecule has 7 nitrogen and oxygen atoms in total. The summed E-state index contributed by atoms with van der Waals surface area (Å²) in [6, 6.07) is 14.6. The number of halogens is 2. The summed E-state index contributed by atoms with van der Waals surface area (Å²) < 4.78 is 32.2. The molecule has 1 aliphatic heterocycles. The van der Waals surface area contributed by atoms with Crippen LogP contribution in [0.2, 0.25) is 0 Å². The maximum atomic E-state index is 13.4. The minimum absolute atomic E-state index is 0.0443. The lowest BCUT2D eigenvalue weighted by atomic mass is 9.84. The molecule has 1 aliphatic rings. The van der Waals surface area contributed by atoms with Crippen LogP contribution in [0.3, 0.4) is 0 Å². The summed E-state index contributed by atoms with van der Waals surface area (Å²) in [6.07, 6.45) is -1.16. The van der Waals surface area contributed by atoms with Crippen molar-refractivity contribution in [3.05, 3.63) is 77.7 Å². The molecule has 9 heteroatoms. The van der Waals surface area contributed by atoms with Crippen LogP contribution in [0.4, 0.5) is 8.78 Å². The van der Waals surface area contributed by atoms with E-state index in [9.17, 15) is 13.6 Å². The summed E-state index contributed by atoms with van der Waals surface area (Å²) >= 11 is 0. The topological polar surface area (TPSA) is 93.7 Å². The van der Waals surface area contributed by atoms with Gasteiger partial charge in [-0.15, -0.1) is 0 Å². The zero-order valence-electron chi connectivity index (χ0n) is 16.8. The second-order valence-electron chi connectivity index (χ2n) is 6.96. The van der Waals surface area contributed by atoms with E-state index in [1.807, 2.05) is 6.07 Å². The van der Waals surface area contributed by atoms with E-state index in [1.54, 1.807) is 36.5 Å². The molecular formula is C22H19F2N5O2. The average Bonchev–Trinajstić information content (AvgIpc) is 3.04. The number of carbonyl (C=O) groups is 1. The molecule has 3 heterocycles. The second-order valence-corrected chi connectivity index (χ2v) is 6.96. The SMILES string of the molecule is COc1cc(-c2ccccn2)cc(C2(c3cccc(C(F)F)n3)N=C(N)N(C)C2=O)c1. The molecule has 1 atom stereocenters. The fraction of sp³-hybridized carbons (Fsp3) is 0.182. The van der Waals surface area contributed by atoms with E-state index < -0.39 is 23.6 Å². The molecule has 0 saturated carbocycles. The van der Waals surface area contributed by atoms with Gasteiger partial charge in [0.1, 0.15) is 11.4 Å². The van der Waals surface area contributed by atoms with Crippen molar-refractivity contribution in [3.63, 3.8) is 0 Å². The first-order chi connectivity index (χ1) is 14.9. The van der Waals surface area contributed by atoms with Crippen LogP contribution in [-0.2, 0) is 10.3 Å². The summed E-state index contributed by atoms with van der Waals surface area (Å²) in [4.78, 5) is 27.4. The quantitative estimate of drug-likeness (QED) is 0.681. The average molecular weight is 423 g/mol. The maximum absolute atomic E-state index is 13.4. The van der Waals surface area contributed by atoms with E-state index >= 15 is 0 Å². The zero-order chi connectivity index (χ0) is 22.2.